The lowest BCUT2D eigenvalue weighted by Gasteiger charge is -2.39. The molecule has 90 valence electrons. The second-order valence-electron chi connectivity index (χ2n) is 4.11. The van der Waals surface area contributed by atoms with Gasteiger partial charge in [-0.05, 0) is 34.9 Å². The van der Waals surface area contributed by atoms with Gasteiger partial charge in [0.1, 0.15) is 0 Å². The van der Waals surface area contributed by atoms with Crippen LogP contribution >= 0.6 is 0 Å². The molecule has 0 heterocycles. The van der Waals surface area contributed by atoms with E-state index in [1.54, 1.807) is 7.11 Å². The van der Waals surface area contributed by atoms with Crippen molar-refractivity contribution in [2.75, 3.05) is 27.8 Å². The maximum atomic E-state index is 11.5. The second-order valence-corrected chi connectivity index (χ2v) is 4.11. The van der Waals surface area contributed by atoms with Crippen LogP contribution in [0.4, 0.5) is 0 Å². The molecule has 0 aromatic carbocycles. The Morgan fingerprint density at radius 3 is 2.33 bits per heavy atom. The molecule has 0 aliphatic heterocycles. The van der Waals surface area contributed by atoms with Crippen LogP contribution in [0.25, 0.3) is 0 Å². The van der Waals surface area contributed by atoms with Crippen LogP contribution in [0.3, 0.4) is 0 Å². The van der Waals surface area contributed by atoms with Gasteiger partial charge in [0.2, 0.25) is 0 Å². The molecular weight excluding hydrogens is 194 g/mol. The number of carbonyl (C=O) groups is 1. The summed E-state index contributed by atoms with van der Waals surface area (Å²) in [6.07, 6.45) is 0.306. The van der Waals surface area contributed by atoms with Crippen molar-refractivity contribution in [3.63, 3.8) is 0 Å². The van der Waals surface area contributed by atoms with Gasteiger partial charge in [0.25, 0.3) is 0 Å². The summed E-state index contributed by atoms with van der Waals surface area (Å²) in [6.45, 7) is 6.19. The average Bonchev–Trinajstić information content (AvgIpc) is 2.16. The maximum absolute atomic E-state index is 11.5. The fraction of sp³-hybridized carbons (Fsp3) is 0.909. The summed E-state index contributed by atoms with van der Waals surface area (Å²) in [4.78, 5) is 13.5. The zero-order valence-corrected chi connectivity index (χ0v) is 10.7. The lowest BCUT2D eigenvalue weighted by atomic mass is 9.90. The van der Waals surface area contributed by atoms with Crippen LogP contribution in [-0.2, 0) is 14.3 Å². The van der Waals surface area contributed by atoms with E-state index in [0.29, 0.717) is 13.0 Å². The fourth-order valence-corrected chi connectivity index (χ4v) is 1.42. The van der Waals surface area contributed by atoms with E-state index >= 15 is 0 Å². The summed E-state index contributed by atoms with van der Waals surface area (Å²) in [6, 6.07) is 0. The number of hydrogen-bond acceptors (Lipinski definition) is 4. The predicted octanol–water partition coefficient (Wildman–Crippen LogP) is 1.29. The van der Waals surface area contributed by atoms with Gasteiger partial charge in [-0.1, -0.05) is 0 Å². The number of rotatable bonds is 6. The standard InChI is InChI=1S/C11H23NO3/c1-7-15-10(13)8-11(3,12(4)5)9(2)14-6/h9H,7-8H2,1-6H3. The molecule has 0 fully saturated rings. The number of hydrogen-bond donors (Lipinski definition) is 0. The van der Waals surface area contributed by atoms with Crippen LogP contribution in [0.1, 0.15) is 27.2 Å². The van der Waals surface area contributed by atoms with Gasteiger partial charge in [-0.2, -0.15) is 0 Å². The monoisotopic (exact) mass is 217 g/mol. The van der Waals surface area contributed by atoms with Gasteiger partial charge >= 0.3 is 5.97 Å². The summed E-state index contributed by atoms with van der Waals surface area (Å²) in [7, 11) is 5.53. The minimum Gasteiger partial charge on any atom is -0.466 e. The van der Waals surface area contributed by atoms with E-state index < -0.39 is 0 Å². The minimum absolute atomic E-state index is 0.0306. The van der Waals surface area contributed by atoms with Crippen LogP contribution < -0.4 is 0 Å². The molecule has 0 N–H and O–H groups in total. The topological polar surface area (TPSA) is 38.8 Å². The van der Waals surface area contributed by atoms with Crippen molar-refractivity contribution in [2.24, 2.45) is 0 Å². The zero-order chi connectivity index (χ0) is 12.1. The lowest BCUT2D eigenvalue weighted by Crippen LogP contribution is -2.52. The number of nitrogens with zero attached hydrogens (tertiary/aromatic N) is 1. The third kappa shape index (κ3) is 3.80. The molecule has 0 aliphatic carbocycles. The predicted molar refractivity (Wildman–Crippen MR) is 59.8 cm³/mol. The van der Waals surface area contributed by atoms with Crippen LogP contribution in [-0.4, -0.2) is 50.3 Å². The SMILES string of the molecule is CCOC(=O)CC(C)(C(C)OC)N(C)C. The Morgan fingerprint density at radius 2 is 2.00 bits per heavy atom. The van der Waals surface area contributed by atoms with E-state index in [-0.39, 0.29) is 17.6 Å². The van der Waals surface area contributed by atoms with E-state index in [1.165, 1.54) is 0 Å². The highest BCUT2D eigenvalue weighted by molar-refractivity contribution is 5.71. The molecule has 0 bridgehead atoms. The summed E-state index contributed by atoms with van der Waals surface area (Å²) in [5.41, 5.74) is -0.332. The van der Waals surface area contributed by atoms with Gasteiger partial charge in [0.05, 0.1) is 24.7 Å². The van der Waals surface area contributed by atoms with E-state index in [9.17, 15) is 4.79 Å². The molecule has 0 aliphatic rings. The Kier molecular flexibility index (Phi) is 5.83. The highest BCUT2D eigenvalue weighted by Gasteiger charge is 2.36. The van der Waals surface area contributed by atoms with Crippen LogP contribution in [0.2, 0.25) is 0 Å². The lowest BCUT2D eigenvalue weighted by molar-refractivity contribution is -0.148. The van der Waals surface area contributed by atoms with E-state index in [4.69, 9.17) is 9.47 Å². The van der Waals surface area contributed by atoms with Gasteiger partial charge in [-0.3, -0.25) is 4.79 Å². The van der Waals surface area contributed by atoms with Crippen molar-refractivity contribution in [2.45, 2.75) is 38.8 Å². The largest absolute Gasteiger partial charge is 0.466 e. The van der Waals surface area contributed by atoms with Gasteiger partial charge in [0.15, 0.2) is 0 Å². The molecule has 0 amide bonds. The molecule has 15 heavy (non-hydrogen) atoms. The van der Waals surface area contributed by atoms with Gasteiger partial charge in [-0.15, -0.1) is 0 Å². The van der Waals surface area contributed by atoms with Crippen molar-refractivity contribution in [3.8, 4) is 0 Å². The first-order valence-corrected chi connectivity index (χ1v) is 5.24. The molecule has 0 aromatic heterocycles. The van der Waals surface area contributed by atoms with Crippen molar-refractivity contribution in [3.05, 3.63) is 0 Å². The number of likely N-dealkylation sites (N-methyl/N-ethyl adjacent to an activating group) is 1. The smallest absolute Gasteiger partial charge is 0.307 e. The Labute approximate surface area is 92.5 Å². The number of esters is 1. The number of ether oxygens (including phenoxy) is 2. The second kappa shape index (κ2) is 6.08. The summed E-state index contributed by atoms with van der Waals surface area (Å²) < 4.78 is 10.3. The minimum atomic E-state index is -0.332. The van der Waals surface area contributed by atoms with Crippen LogP contribution in [0, 0.1) is 0 Å². The first-order chi connectivity index (χ1) is 6.88. The Morgan fingerprint density at radius 1 is 1.47 bits per heavy atom. The van der Waals surface area contributed by atoms with E-state index in [2.05, 4.69) is 0 Å². The molecule has 4 heteroatoms. The molecule has 0 saturated heterocycles. The number of carbonyl (C=O) groups excluding carboxylic acids is 1. The Hall–Kier alpha value is -0.610. The first-order valence-electron chi connectivity index (χ1n) is 5.24. The molecule has 0 radical (unpaired) electrons. The summed E-state index contributed by atoms with van der Waals surface area (Å²) in [5.74, 6) is -0.183. The van der Waals surface area contributed by atoms with Gasteiger partial charge in [0, 0.05) is 7.11 Å². The third-order valence-corrected chi connectivity index (χ3v) is 3.06. The third-order valence-electron chi connectivity index (χ3n) is 3.06. The van der Waals surface area contributed by atoms with Crippen molar-refractivity contribution in [1.29, 1.82) is 0 Å². The normalized spacial score (nSPS) is 17.3. The van der Waals surface area contributed by atoms with E-state index in [1.807, 2.05) is 39.8 Å². The number of methoxy groups -OCH3 is 1. The Bertz CT molecular complexity index is 206. The van der Waals surface area contributed by atoms with Crippen molar-refractivity contribution in [1.82, 2.24) is 4.90 Å². The maximum Gasteiger partial charge on any atom is 0.307 e. The molecular formula is C11H23NO3. The molecule has 2 unspecified atom stereocenters. The molecule has 0 spiro atoms. The van der Waals surface area contributed by atoms with Crippen LogP contribution in [0.5, 0.6) is 0 Å². The molecule has 2 atom stereocenters. The van der Waals surface area contributed by atoms with Crippen molar-refractivity contribution >= 4 is 5.97 Å². The first kappa shape index (κ1) is 14.4. The summed E-state index contributed by atoms with van der Waals surface area (Å²) in [5, 5.41) is 0. The zero-order valence-electron chi connectivity index (χ0n) is 10.7. The van der Waals surface area contributed by atoms with Gasteiger partial charge < -0.3 is 14.4 Å². The fourth-order valence-electron chi connectivity index (χ4n) is 1.42. The molecule has 0 saturated carbocycles. The molecule has 0 rings (SSSR count). The molecule has 0 aromatic rings. The van der Waals surface area contributed by atoms with Crippen molar-refractivity contribution < 1.29 is 14.3 Å². The molecule has 4 nitrogen and oxygen atoms in total. The quantitative estimate of drug-likeness (QED) is 0.629. The summed E-state index contributed by atoms with van der Waals surface area (Å²) >= 11 is 0. The van der Waals surface area contributed by atoms with Crippen LogP contribution in [0.15, 0.2) is 0 Å². The average molecular weight is 217 g/mol. The van der Waals surface area contributed by atoms with E-state index in [0.717, 1.165) is 0 Å². The highest BCUT2D eigenvalue weighted by atomic mass is 16.5. The highest BCUT2D eigenvalue weighted by Crippen LogP contribution is 2.23. The Balaban J connectivity index is 4.58. The van der Waals surface area contributed by atoms with Gasteiger partial charge in [-0.25, -0.2) is 0 Å².